The molecule has 21 heavy (non-hydrogen) atoms. The first-order valence-corrected chi connectivity index (χ1v) is 8.30. The van der Waals surface area contributed by atoms with Crippen LogP contribution in [-0.2, 0) is 6.42 Å². The normalized spacial score (nSPS) is 10.8. The predicted octanol–water partition coefficient (Wildman–Crippen LogP) is 5.37. The van der Waals surface area contributed by atoms with E-state index in [2.05, 4.69) is 45.3 Å². The van der Waals surface area contributed by atoms with Crippen molar-refractivity contribution in [3.63, 3.8) is 0 Å². The number of nitrogens with one attached hydrogen (secondary N) is 1. The van der Waals surface area contributed by atoms with Crippen molar-refractivity contribution in [3.8, 4) is 5.75 Å². The van der Waals surface area contributed by atoms with Crippen LogP contribution in [0.5, 0.6) is 5.75 Å². The van der Waals surface area contributed by atoms with Crippen LogP contribution < -0.4 is 10.1 Å². The van der Waals surface area contributed by atoms with Gasteiger partial charge in [-0.15, -0.1) is 0 Å². The standard InChI is InChI=1S/C16H15BrN2OS/c1-3-10-8-11(17)4-6-13(10)18-16-19-14-7-5-12(20-2)9-15(14)21-16/h4-9H,3H2,1-2H3,(H,18,19). The van der Waals surface area contributed by atoms with Crippen LogP contribution in [0.1, 0.15) is 12.5 Å². The molecule has 0 atom stereocenters. The second kappa shape index (κ2) is 6.03. The van der Waals surface area contributed by atoms with Gasteiger partial charge >= 0.3 is 0 Å². The third-order valence-corrected chi connectivity index (χ3v) is 4.71. The molecule has 2 aromatic carbocycles. The van der Waals surface area contributed by atoms with E-state index >= 15 is 0 Å². The van der Waals surface area contributed by atoms with Gasteiger partial charge in [0, 0.05) is 10.2 Å². The Balaban J connectivity index is 1.94. The monoisotopic (exact) mass is 362 g/mol. The molecule has 0 radical (unpaired) electrons. The second-order valence-electron chi connectivity index (χ2n) is 4.63. The molecule has 108 valence electrons. The lowest BCUT2D eigenvalue weighted by atomic mass is 10.1. The molecular weight excluding hydrogens is 348 g/mol. The maximum atomic E-state index is 5.25. The highest BCUT2D eigenvalue weighted by Gasteiger charge is 2.08. The maximum absolute atomic E-state index is 5.25. The van der Waals surface area contributed by atoms with Crippen LogP contribution in [0.3, 0.4) is 0 Å². The summed E-state index contributed by atoms with van der Waals surface area (Å²) >= 11 is 5.14. The lowest BCUT2D eigenvalue weighted by molar-refractivity contribution is 0.415. The molecule has 3 nitrogen and oxygen atoms in total. The summed E-state index contributed by atoms with van der Waals surface area (Å²) in [5.41, 5.74) is 3.35. The number of hydrogen-bond acceptors (Lipinski definition) is 4. The molecule has 0 unspecified atom stereocenters. The van der Waals surface area contributed by atoms with Crippen LogP contribution in [-0.4, -0.2) is 12.1 Å². The van der Waals surface area contributed by atoms with Crippen LogP contribution in [0.4, 0.5) is 10.8 Å². The highest BCUT2D eigenvalue weighted by Crippen LogP contribution is 2.32. The molecule has 0 fully saturated rings. The molecule has 5 heteroatoms. The number of methoxy groups -OCH3 is 1. The van der Waals surface area contributed by atoms with E-state index in [1.165, 1.54) is 5.56 Å². The Labute approximate surface area is 136 Å². The molecule has 0 amide bonds. The number of aromatic nitrogens is 1. The van der Waals surface area contributed by atoms with Gasteiger partial charge < -0.3 is 10.1 Å². The van der Waals surface area contributed by atoms with Crippen molar-refractivity contribution in [2.24, 2.45) is 0 Å². The van der Waals surface area contributed by atoms with Gasteiger partial charge in [-0.3, -0.25) is 0 Å². The van der Waals surface area contributed by atoms with Gasteiger partial charge in [-0.2, -0.15) is 0 Å². The number of aryl methyl sites for hydroxylation is 1. The minimum absolute atomic E-state index is 0.857. The molecule has 1 N–H and O–H groups in total. The zero-order chi connectivity index (χ0) is 14.8. The lowest BCUT2D eigenvalue weighted by Crippen LogP contribution is -1.94. The van der Waals surface area contributed by atoms with E-state index in [1.807, 2.05) is 24.3 Å². The summed E-state index contributed by atoms with van der Waals surface area (Å²) in [7, 11) is 1.68. The van der Waals surface area contributed by atoms with Crippen LogP contribution in [0.15, 0.2) is 40.9 Å². The van der Waals surface area contributed by atoms with Crippen LogP contribution in [0.25, 0.3) is 10.2 Å². The molecule has 0 spiro atoms. The fraction of sp³-hybridized carbons (Fsp3) is 0.188. The number of nitrogens with zero attached hydrogens (tertiary/aromatic N) is 1. The van der Waals surface area contributed by atoms with Gasteiger partial charge in [-0.25, -0.2) is 4.98 Å². The van der Waals surface area contributed by atoms with Crippen LogP contribution in [0, 0.1) is 0 Å². The summed E-state index contributed by atoms with van der Waals surface area (Å²) in [5.74, 6) is 0.857. The van der Waals surface area contributed by atoms with Crippen molar-refractivity contribution < 1.29 is 4.74 Å². The van der Waals surface area contributed by atoms with E-state index in [-0.39, 0.29) is 0 Å². The molecule has 3 aromatic rings. The number of halogens is 1. The van der Waals surface area contributed by atoms with Crippen molar-refractivity contribution in [1.82, 2.24) is 4.98 Å². The molecule has 0 aliphatic carbocycles. The summed E-state index contributed by atoms with van der Waals surface area (Å²) in [6.07, 6.45) is 0.973. The minimum atomic E-state index is 0.857. The quantitative estimate of drug-likeness (QED) is 0.676. The van der Waals surface area contributed by atoms with Gasteiger partial charge in [-0.05, 0) is 48.4 Å². The van der Waals surface area contributed by atoms with Crippen LogP contribution >= 0.6 is 27.3 Å². The molecule has 0 aliphatic rings. The Morgan fingerprint density at radius 2 is 2.10 bits per heavy atom. The third-order valence-electron chi connectivity index (χ3n) is 3.29. The Morgan fingerprint density at radius 1 is 1.24 bits per heavy atom. The van der Waals surface area contributed by atoms with E-state index in [0.717, 1.165) is 37.7 Å². The number of anilines is 2. The van der Waals surface area contributed by atoms with Gasteiger partial charge in [0.15, 0.2) is 5.13 Å². The molecule has 0 saturated heterocycles. The first kappa shape index (κ1) is 14.4. The molecule has 1 heterocycles. The highest BCUT2D eigenvalue weighted by atomic mass is 79.9. The number of rotatable bonds is 4. The Bertz CT molecular complexity index is 785. The van der Waals surface area contributed by atoms with Crippen molar-refractivity contribution in [2.45, 2.75) is 13.3 Å². The fourth-order valence-electron chi connectivity index (χ4n) is 2.18. The first-order chi connectivity index (χ1) is 10.2. The first-order valence-electron chi connectivity index (χ1n) is 6.69. The van der Waals surface area contributed by atoms with Crippen LogP contribution in [0.2, 0.25) is 0 Å². The average molecular weight is 363 g/mol. The van der Waals surface area contributed by atoms with Crippen molar-refractivity contribution in [1.29, 1.82) is 0 Å². The number of hydrogen-bond donors (Lipinski definition) is 1. The summed E-state index contributed by atoms with van der Waals surface area (Å²) < 4.78 is 7.47. The van der Waals surface area contributed by atoms with Crippen molar-refractivity contribution in [3.05, 3.63) is 46.4 Å². The molecule has 0 bridgehead atoms. The summed E-state index contributed by atoms with van der Waals surface area (Å²) in [5, 5.41) is 4.32. The van der Waals surface area contributed by atoms with Gasteiger partial charge in [0.05, 0.1) is 17.3 Å². The Hall–Kier alpha value is -1.59. The Morgan fingerprint density at radius 3 is 2.86 bits per heavy atom. The third kappa shape index (κ3) is 3.04. The molecule has 0 saturated carbocycles. The van der Waals surface area contributed by atoms with Crippen molar-refractivity contribution in [2.75, 3.05) is 12.4 Å². The molecule has 0 aliphatic heterocycles. The topological polar surface area (TPSA) is 34.2 Å². The summed E-state index contributed by atoms with van der Waals surface area (Å²) in [4.78, 5) is 4.62. The van der Waals surface area contributed by atoms with E-state index in [4.69, 9.17) is 4.74 Å². The predicted molar refractivity (Wildman–Crippen MR) is 93.0 cm³/mol. The minimum Gasteiger partial charge on any atom is -0.497 e. The zero-order valence-electron chi connectivity index (χ0n) is 11.8. The zero-order valence-corrected chi connectivity index (χ0v) is 14.2. The van der Waals surface area contributed by atoms with Crippen molar-refractivity contribution >= 4 is 48.3 Å². The number of fused-ring (bicyclic) bond motifs is 1. The molecule has 3 rings (SSSR count). The van der Waals surface area contributed by atoms with Gasteiger partial charge in [0.1, 0.15) is 5.75 Å². The molecule has 1 aromatic heterocycles. The van der Waals surface area contributed by atoms with Gasteiger partial charge in [0.25, 0.3) is 0 Å². The summed E-state index contributed by atoms with van der Waals surface area (Å²) in [6.45, 7) is 2.15. The van der Waals surface area contributed by atoms with Gasteiger partial charge in [0.2, 0.25) is 0 Å². The SMILES string of the molecule is CCc1cc(Br)ccc1Nc1nc2ccc(OC)cc2s1. The van der Waals surface area contributed by atoms with E-state index in [0.29, 0.717) is 0 Å². The Kier molecular flexibility index (Phi) is 4.12. The smallest absolute Gasteiger partial charge is 0.188 e. The van der Waals surface area contributed by atoms with Gasteiger partial charge in [-0.1, -0.05) is 34.2 Å². The molecular formula is C16H15BrN2OS. The number of ether oxygens (including phenoxy) is 1. The average Bonchev–Trinajstić information content (AvgIpc) is 2.90. The largest absolute Gasteiger partial charge is 0.497 e. The van der Waals surface area contributed by atoms with E-state index in [9.17, 15) is 0 Å². The van der Waals surface area contributed by atoms with E-state index in [1.54, 1.807) is 18.4 Å². The number of thiazole rings is 1. The fourth-order valence-corrected chi connectivity index (χ4v) is 3.49. The van der Waals surface area contributed by atoms with E-state index < -0.39 is 0 Å². The highest BCUT2D eigenvalue weighted by molar-refractivity contribution is 9.10. The maximum Gasteiger partial charge on any atom is 0.188 e. The lowest BCUT2D eigenvalue weighted by Gasteiger charge is -2.08. The second-order valence-corrected chi connectivity index (χ2v) is 6.58. The number of benzene rings is 2. The summed E-state index contributed by atoms with van der Waals surface area (Å²) in [6, 6.07) is 12.2.